The standard InChI is InChI=1S/C17H21N3O2/c1-12(2)17(21)20-14-8-9-16(19-11-14)18-10-13-6-4-5-7-15(13)22-3/h4-9,11-12H,10H2,1-3H3,(H,18,19)(H,20,21). The molecule has 2 rings (SSSR count). The summed E-state index contributed by atoms with van der Waals surface area (Å²) in [5.74, 6) is 1.52. The number of amides is 1. The highest BCUT2D eigenvalue weighted by atomic mass is 16.5. The molecular formula is C17H21N3O2. The summed E-state index contributed by atoms with van der Waals surface area (Å²) in [5, 5.41) is 6.05. The Hall–Kier alpha value is -2.56. The molecule has 0 aliphatic heterocycles. The van der Waals surface area contributed by atoms with E-state index >= 15 is 0 Å². The van der Waals surface area contributed by atoms with E-state index in [9.17, 15) is 4.79 Å². The minimum atomic E-state index is -0.0525. The van der Waals surface area contributed by atoms with E-state index in [2.05, 4.69) is 15.6 Å². The number of pyridine rings is 1. The summed E-state index contributed by atoms with van der Waals surface area (Å²) in [7, 11) is 1.66. The number of nitrogens with one attached hydrogen (secondary N) is 2. The molecule has 5 nitrogen and oxygen atoms in total. The zero-order chi connectivity index (χ0) is 15.9. The number of ether oxygens (including phenoxy) is 1. The van der Waals surface area contributed by atoms with E-state index in [1.165, 1.54) is 0 Å². The number of methoxy groups -OCH3 is 1. The van der Waals surface area contributed by atoms with Crippen LogP contribution in [0.25, 0.3) is 0 Å². The topological polar surface area (TPSA) is 63.2 Å². The van der Waals surface area contributed by atoms with E-state index in [0.29, 0.717) is 12.2 Å². The molecule has 5 heteroatoms. The smallest absolute Gasteiger partial charge is 0.226 e. The van der Waals surface area contributed by atoms with Gasteiger partial charge >= 0.3 is 0 Å². The van der Waals surface area contributed by atoms with Gasteiger partial charge in [-0.1, -0.05) is 32.0 Å². The maximum Gasteiger partial charge on any atom is 0.226 e. The van der Waals surface area contributed by atoms with Gasteiger partial charge in [0.2, 0.25) is 5.91 Å². The summed E-state index contributed by atoms with van der Waals surface area (Å²) in [6.07, 6.45) is 1.64. The second kappa shape index (κ2) is 7.45. The van der Waals surface area contributed by atoms with Gasteiger partial charge in [-0.05, 0) is 18.2 Å². The van der Waals surface area contributed by atoms with Crippen molar-refractivity contribution in [1.82, 2.24) is 4.98 Å². The number of carbonyl (C=O) groups excluding carboxylic acids is 1. The summed E-state index contributed by atoms with van der Waals surface area (Å²) in [6, 6.07) is 11.5. The van der Waals surface area contributed by atoms with Crippen molar-refractivity contribution in [1.29, 1.82) is 0 Å². The van der Waals surface area contributed by atoms with Gasteiger partial charge < -0.3 is 15.4 Å². The third-order valence-electron chi connectivity index (χ3n) is 3.21. The van der Waals surface area contributed by atoms with Crippen LogP contribution in [0.2, 0.25) is 0 Å². The normalized spacial score (nSPS) is 10.4. The highest BCUT2D eigenvalue weighted by Gasteiger charge is 2.07. The van der Waals surface area contributed by atoms with Crippen LogP contribution in [0.15, 0.2) is 42.6 Å². The molecule has 0 unspecified atom stereocenters. The third-order valence-corrected chi connectivity index (χ3v) is 3.21. The number of benzene rings is 1. The van der Waals surface area contributed by atoms with E-state index in [-0.39, 0.29) is 11.8 Å². The van der Waals surface area contributed by atoms with Crippen molar-refractivity contribution in [3.05, 3.63) is 48.2 Å². The van der Waals surface area contributed by atoms with E-state index in [1.807, 2.05) is 50.2 Å². The van der Waals surface area contributed by atoms with Crippen LogP contribution in [0, 0.1) is 5.92 Å². The number of carbonyl (C=O) groups is 1. The van der Waals surface area contributed by atoms with Crippen LogP contribution in [0.4, 0.5) is 11.5 Å². The van der Waals surface area contributed by atoms with E-state index in [4.69, 9.17) is 4.74 Å². The fourth-order valence-electron chi connectivity index (χ4n) is 1.89. The van der Waals surface area contributed by atoms with E-state index in [1.54, 1.807) is 13.3 Å². The molecule has 0 spiro atoms. The molecular weight excluding hydrogens is 278 g/mol. The molecule has 1 heterocycles. The number of hydrogen-bond acceptors (Lipinski definition) is 4. The highest BCUT2D eigenvalue weighted by Crippen LogP contribution is 2.19. The van der Waals surface area contributed by atoms with Gasteiger partial charge in [0.25, 0.3) is 0 Å². The van der Waals surface area contributed by atoms with Gasteiger partial charge in [0.1, 0.15) is 11.6 Å². The molecule has 0 radical (unpaired) electrons. The molecule has 22 heavy (non-hydrogen) atoms. The first kappa shape index (κ1) is 15.8. The molecule has 1 aromatic carbocycles. The maximum atomic E-state index is 11.6. The highest BCUT2D eigenvalue weighted by molar-refractivity contribution is 5.91. The van der Waals surface area contributed by atoms with Crippen molar-refractivity contribution < 1.29 is 9.53 Å². The molecule has 0 saturated carbocycles. The second-order valence-corrected chi connectivity index (χ2v) is 5.24. The largest absolute Gasteiger partial charge is 0.496 e. The Labute approximate surface area is 130 Å². The van der Waals surface area contributed by atoms with E-state index in [0.717, 1.165) is 17.1 Å². The van der Waals surface area contributed by atoms with Crippen molar-refractivity contribution >= 4 is 17.4 Å². The first-order chi connectivity index (χ1) is 10.6. The summed E-state index contributed by atoms with van der Waals surface area (Å²) in [4.78, 5) is 15.9. The minimum Gasteiger partial charge on any atom is -0.496 e. The predicted molar refractivity (Wildman–Crippen MR) is 88.0 cm³/mol. The summed E-state index contributed by atoms with van der Waals surface area (Å²) in [5.41, 5.74) is 1.76. The zero-order valence-electron chi connectivity index (χ0n) is 13.1. The Morgan fingerprint density at radius 2 is 2.00 bits per heavy atom. The number of nitrogens with zero attached hydrogens (tertiary/aromatic N) is 1. The van der Waals surface area contributed by atoms with Crippen LogP contribution >= 0.6 is 0 Å². The molecule has 0 bridgehead atoms. The molecule has 1 aromatic heterocycles. The Bertz CT molecular complexity index is 624. The Balaban J connectivity index is 1.95. The lowest BCUT2D eigenvalue weighted by atomic mass is 10.2. The third kappa shape index (κ3) is 4.22. The predicted octanol–water partition coefficient (Wildman–Crippen LogP) is 3.30. The number of aromatic nitrogens is 1. The quantitative estimate of drug-likeness (QED) is 0.859. The molecule has 0 fully saturated rings. The fourth-order valence-corrected chi connectivity index (χ4v) is 1.89. The SMILES string of the molecule is COc1ccccc1CNc1ccc(NC(=O)C(C)C)cn1. The van der Waals surface area contributed by atoms with Gasteiger partial charge in [-0.2, -0.15) is 0 Å². The lowest BCUT2D eigenvalue weighted by Crippen LogP contribution is -2.17. The van der Waals surface area contributed by atoms with Crippen molar-refractivity contribution in [2.24, 2.45) is 5.92 Å². The van der Waals surface area contributed by atoms with Crippen molar-refractivity contribution in [3.63, 3.8) is 0 Å². The van der Waals surface area contributed by atoms with Crippen LogP contribution in [0.5, 0.6) is 5.75 Å². The summed E-state index contributed by atoms with van der Waals surface area (Å²) < 4.78 is 5.31. The van der Waals surface area contributed by atoms with Crippen molar-refractivity contribution in [2.45, 2.75) is 20.4 Å². The van der Waals surface area contributed by atoms with Crippen LogP contribution in [-0.2, 0) is 11.3 Å². The number of rotatable bonds is 6. The van der Waals surface area contributed by atoms with Crippen LogP contribution in [0.3, 0.4) is 0 Å². The summed E-state index contributed by atoms with van der Waals surface area (Å²) >= 11 is 0. The van der Waals surface area contributed by atoms with E-state index < -0.39 is 0 Å². The lowest BCUT2D eigenvalue weighted by Gasteiger charge is -2.11. The second-order valence-electron chi connectivity index (χ2n) is 5.24. The maximum absolute atomic E-state index is 11.6. The molecule has 0 atom stereocenters. The molecule has 116 valence electrons. The van der Waals surface area contributed by atoms with Gasteiger partial charge in [0, 0.05) is 18.0 Å². The first-order valence-electron chi connectivity index (χ1n) is 7.23. The molecule has 0 saturated heterocycles. The zero-order valence-corrected chi connectivity index (χ0v) is 13.1. The minimum absolute atomic E-state index is 0.0171. The van der Waals surface area contributed by atoms with Gasteiger partial charge in [0.05, 0.1) is 19.0 Å². The molecule has 0 aliphatic carbocycles. The monoisotopic (exact) mass is 299 g/mol. The Morgan fingerprint density at radius 3 is 2.64 bits per heavy atom. The van der Waals surface area contributed by atoms with Crippen molar-refractivity contribution in [3.8, 4) is 5.75 Å². The molecule has 2 N–H and O–H groups in total. The average molecular weight is 299 g/mol. The van der Waals surface area contributed by atoms with Gasteiger partial charge in [-0.3, -0.25) is 4.79 Å². The molecule has 1 amide bonds. The van der Waals surface area contributed by atoms with Gasteiger partial charge in [0.15, 0.2) is 0 Å². The van der Waals surface area contributed by atoms with Crippen LogP contribution < -0.4 is 15.4 Å². The number of para-hydroxylation sites is 1. The van der Waals surface area contributed by atoms with Gasteiger partial charge in [-0.25, -0.2) is 4.98 Å². The van der Waals surface area contributed by atoms with Crippen LogP contribution in [-0.4, -0.2) is 18.0 Å². The van der Waals surface area contributed by atoms with Crippen LogP contribution in [0.1, 0.15) is 19.4 Å². The average Bonchev–Trinajstić information content (AvgIpc) is 2.54. The Morgan fingerprint density at radius 1 is 1.23 bits per heavy atom. The fraction of sp³-hybridized carbons (Fsp3) is 0.294. The number of hydrogen-bond donors (Lipinski definition) is 2. The van der Waals surface area contributed by atoms with Gasteiger partial charge in [-0.15, -0.1) is 0 Å². The first-order valence-corrected chi connectivity index (χ1v) is 7.23. The molecule has 2 aromatic rings. The number of anilines is 2. The molecule has 0 aliphatic rings. The van der Waals surface area contributed by atoms with Crippen molar-refractivity contribution in [2.75, 3.05) is 17.7 Å². The summed E-state index contributed by atoms with van der Waals surface area (Å²) in [6.45, 7) is 4.33. The Kier molecular flexibility index (Phi) is 5.36. The lowest BCUT2D eigenvalue weighted by molar-refractivity contribution is -0.118.